The van der Waals surface area contributed by atoms with E-state index in [0.717, 1.165) is 227 Å². The van der Waals surface area contributed by atoms with E-state index in [1.165, 1.54) is 56.9 Å². The number of morpholine rings is 1. The number of hydrogen-bond donors (Lipinski definition) is 4. The lowest BCUT2D eigenvalue weighted by molar-refractivity contribution is 0.0600. The molecular formula is C82H106Cl3N21O10S3. The number of likely N-dealkylation sites (N-methyl/N-ethyl adjacent to an activating group) is 1. The molecule has 0 spiro atoms. The summed E-state index contributed by atoms with van der Waals surface area (Å²) in [6.07, 6.45) is 18.8. The van der Waals surface area contributed by atoms with Crippen LogP contribution in [0.15, 0.2) is 91.1 Å². The fourth-order valence-electron chi connectivity index (χ4n) is 17.5. The van der Waals surface area contributed by atoms with E-state index in [1.54, 1.807) is 32.9 Å². The van der Waals surface area contributed by atoms with Gasteiger partial charge in [0, 0.05) is 161 Å². The van der Waals surface area contributed by atoms with Gasteiger partial charge in [-0.25, -0.2) is 36.3 Å². The summed E-state index contributed by atoms with van der Waals surface area (Å²) in [5.41, 5.74) is 9.32. The molecule has 3 aromatic carbocycles. The average molecular weight is 1750 g/mol. The topological polar surface area (TPSA) is 327 Å². The second-order valence-corrected chi connectivity index (χ2v) is 39.8. The van der Waals surface area contributed by atoms with Crippen LogP contribution >= 0.6 is 34.8 Å². The van der Waals surface area contributed by atoms with Gasteiger partial charge in [-0.2, -0.15) is 37.0 Å². The molecule has 5 atom stereocenters. The van der Waals surface area contributed by atoms with Gasteiger partial charge in [0.25, 0.3) is 17.7 Å². The van der Waals surface area contributed by atoms with Gasteiger partial charge in [0.15, 0.2) is 16.9 Å². The summed E-state index contributed by atoms with van der Waals surface area (Å²) in [5.74, 6) is 3.70. The van der Waals surface area contributed by atoms with E-state index in [0.29, 0.717) is 71.7 Å². The van der Waals surface area contributed by atoms with Crippen molar-refractivity contribution in [3.63, 3.8) is 0 Å². The molecule has 17 rings (SSSR count). The standard InChI is InChI=1S/C28H37ClN8O3S.C27H36ClN7O3S.C27H33ClN6O4S/c1-19-17-35(18-19)25-16-27(34-12-10-33(2)11-13-34)37-26(30-25)15-23(31-37)24-6-4-5-9-36(24)28(38)21-14-20(29)7-8-22(21)32-41(3,39)40;1-17-16-35-25(30-26(17)18-8-10-20(13-18)29-2)15-23(31-35)24-7-5-6-12-34(24)27(36)21-14-19(28)9-11-22(21)32-39(37,38)33(3)4;1-39(36,37)31-21-9-8-19(28)15-20(21)27(35)33-10-3-2-7-24(33)23-16-25-29-22(18-5-4-6-18)17-26(34(25)30-23)32-11-13-38-14-12-32/h7-8,14-16,19,24,32H,4-6,9-13,17-18H2,1-3H3;9,11,14-16,18,20,24,29,32H,5-8,10,12-13H2,1-4H3;8-9,15-18,24,31H,2-7,10-14H2,1H3/t24-;18?,20-,24-;24-/m000/s1. The Bertz CT molecular complexity index is 5640. The maximum atomic E-state index is 14.0. The number of piperazine rings is 1. The zero-order chi connectivity index (χ0) is 83.9. The minimum Gasteiger partial charge on any atom is -0.378 e. The number of piperidine rings is 3. The number of amides is 3. The van der Waals surface area contributed by atoms with E-state index in [-0.39, 0.29) is 69.6 Å². The predicted octanol–water partition coefficient (Wildman–Crippen LogP) is 11.7. The number of carbonyl (C=O) groups is 3. The Balaban J connectivity index is 0.000000139. The molecule has 0 bridgehead atoms. The molecule has 3 amide bonds. The number of likely N-dealkylation sites (tertiary alicyclic amines) is 3. The largest absolute Gasteiger partial charge is 0.378 e. The maximum absolute atomic E-state index is 14.0. The van der Waals surface area contributed by atoms with Crippen LogP contribution in [0, 0.1) is 12.8 Å². The highest BCUT2D eigenvalue weighted by atomic mass is 35.5. The van der Waals surface area contributed by atoms with Crippen LogP contribution in [0.3, 0.4) is 0 Å². The third-order valence-corrected chi connectivity index (χ3v) is 27.4. The second kappa shape index (κ2) is 35.8. The molecular weight excluding hydrogens is 1640 g/mol. The van der Waals surface area contributed by atoms with Crippen molar-refractivity contribution in [3.8, 4) is 0 Å². The van der Waals surface area contributed by atoms with Gasteiger partial charge in [-0.1, -0.05) is 48.1 Å². The minimum atomic E-state index is -3.81. The van der Waals surface area contributed by atoms with E-state index in [1.807, 2.05) is 45.0 Å². The Morgan fingerprint density at radius 1 is 0.496 bits per heavy atom. The van der Waals surface area contributed by atoms with Crippen LogP contribution in [0.5, 0.6) is 0 Å². The maximum Gasteiger partial charge on any atom is 0.301 e. The Labute approximate surface area is 710 Å². The zero-order valence-electron chi connectivity index (χ0n) is 68.5. The molecule has 6 saturated heterocycles. The number of anilines is 6. The molecule has 638 valence electrons. The molecule has 37 heteroatoms. The van der Waals surface area contributed by atoms with Crippen LogP contribution in [-0.2, 0) is 35.0 Å². The van der Waals surface area contributed by atoms with Crippen LogP contribution in [0.1, 0.15) is 198 Å². The summed E-state index contributed by atoms with van der Waals surface area (Å²) in [6, 6.07) is 23.9. The van der Waals surface area contributed by atoms with Gasteiger partial charge < -0.3 is 44.4 Å². The van der Waals surface area contributed by atoms with Crippen molar-refractivity contribution in [1.29, 1.82) is 0 Å². The number of benzene rings is 3. The fraction of sp³-hybridized carbons (Fsp3) is 0.524. The third kappa shape index (κ3) is 19.3. The molecule has 4 N–H and O–H groups in total. The smallest absolute Gasteiger partial charge is 0.301 e. The lowest BCUT2D eigenvalue weighted by Crippen LogP contribution is -2.47. The molecule has 0 radical (unpaired) electrons. The first-order valence-electron chi connectivity index (χ1n) is 41.2. The number of aromatic nitrogens is 9. The number of carbonyl (C=O) groups excluding carboxylic acids is 3. The van der Waals surface area contributed by atoms with E-state index in [2.05, 4.69) is 72.1 Å². The first kappa shape index (κ1) is 85.3. The number of ether oxygens (including phenoxy) is 1. The van der Waals surface area contributed by atoms with Gasteiger partial charge in [-0.05, 0) is 177 Å². The highest BCUT2D eigenvalue weighted by molar-refractivity contribution is 7.92. The summed E-state index contributed by atoms with van der Waals surface area (Å²) >= 11 is 18.8. The Morgan fingerprint density at radius 3 is 1.43 bits per heavy atom. The zero-order valence-corrected chi connectivity index (χ0v) is 73.3. The molecule has 8 aliphatic rings. The molecule has 8 fully saturated rings. The molecule has 1 unspecified atom stereocenters. The molecule has 2 aliphatic carbocycles. The third-order valence-electron chi connectivity index (χ3n) is 24.1. The van der Waals surface area contributed by atoms with Crippen molar-refractivity contribution in [2.75, 3.05) is 155 Å². The van der Waals surface area contributed by atoms with Crippen molar-refractivity contribution in [2.45, 2.75) is 146 Å². The van der Waals surface area contributed by atoms with Crippen LogP contribution in [0.2, 0.25) is 15.1 Å². The fourth-order valence-corrected chi connectivity index (χ4v) is 19.8. The molecule has 119 heavy (non-hydrogen) atoms. The highest BCUT2D eigenvalue weighted by Gasteiger charge is 2.39. The summed E-state index contributed by atoms with van der Waals surface area (Å²) in [5, 5.41) is 19.4. The van der Waals surface area contributed by atoms with Crippen LogP contribution in [0.4, 0.5) is 34.5 Å². The van der Waals surface area contributed by atoms with Crippen molar-refractivity contribution in [3.05, 3.63) is 157 Å². The van der Waals surface area contributed by atoms with Gasteiger partial charge in [-0.3, -0.25) is 28.5 Å². The van der Waals surface area contributed by atoms with Crippen molar-refractivity contribution < 1.29 is 44.4 Å². The lowest BCUT2D eigenvalue weighted by Gasteiger charge is -2.39. The molecule has 6 aliphatic heterocycles. The van der Waals surface area contributed by atoms with Crippen LogP contribution in [-0.4, -0.2) is 243 Å². The molecule has 9 aromatic rings. The number of nitrogens with zero attached hydrogens (tertiary/aromatic N) is 17. The molecule has 12 heterocycles. The van der Waals surface area contributed by atoms with Gasteiger partial charge in [-0.15, -0.1) is 0 Å². The van der Waals surface area contributed by atoms with Crippen LogP contribution in [0.25, 0.3) is 16.9 Å². The van der Waals surface area contributed by atoms with Gasteiger partial charge in [0.2, 0.25) is 20.0 Å². The van der Waals surface area contributed by atoms with Crippen LogP contribution < -0.4 is 34.2 Å². The van der Waals surface area contributed by atoms with Crippen molar-refractivity contribution in [1.82, 2.24) is 73.0 Å². The van der Waals surface area contributed by atoms with E-state index in [9.17, 15) is 39.6 Å². The number of rotatable bonds is 19. The van der Waals surface area contributed by atoms with E-state index < -0.39 is 30.3 Å². The summed E-state index contributed by atoms with van der Waals surface area (Å²) in [7, 11) is -3.98. The first-order chi connectivity index (χ1) is 56.9. The minimum absolute atomic E-state index is 0.191. The second-order valence-electron chi connectivity index (χ2n) is 33.1. The SMILES string of the molecule is CC1CN(c2cc(N3CCN(C)CC3)n3nc([C@@H]4CCCCN4C(=O)c4cc(Cl)ccc4NS(C)(=O)=O)cc3n2)C1.CN[C@H]1CCC(c2nc3cc([C@@H]4CCCCN4C(=O)c4cc(Cl)ccc4NS(=O)(=O)N(C)C)nn3cc2C)C1.CS(=O)(=O)Nc1ccc(Cl)cc1C(=O)N1CCCC[C@H]1c1cc2nc(C3CCC3)cc(N3CCOCC3)n2n1. The van der Waals surface area contributed by atoms with Crippen molar-refractivity contribution >= 4 is 134 Å². The Kier molecular flexibility index (Phi) is 25.6. The van der Waals surface area contributed by atoms with Gasteiger partial charge in [0.05, 0.1) is 100 Å². The van der Waals surface area contributed by atoms with E-state index >= 15 is 0 Å². The predicted molar refractivity (Wildman–Crippen MR) is 464 cm³/mol. The number of nitrogens with one attached hydrogen (secondary N) is 4. The quantitative estimate of drug-likeness (QED) is 0.0584. The Hall–Kier alpha value is -8.71. The summed E-state index contributed by atoms with van der Waals surface area (Å²) in [4.78, 5) is 71.6. The number of fused-ring (bicyclic) bond motifs is 3. The Morgan fingerprint density at radius 2 is 0.966 bits per heavy atom. The normalized spacial score (nSPS) is 21.2. The molecule has 2 saturated carbocycles. The molecule has 31 nitrogen and oxygen atoms in total. The number of aryl methyl sites for hydroxylation is 1. The number of hydrogen-bond acceptors (Lipinski definition) is 21. The van der Waals surface area contributed by atoms with Crippen molar-refractivity contribution in [2.24, 2.45) is 5.92 Å². The summed E-state index contributed by atoms with van der Waals surface area (Å²) in [6.45, 7) is 14.6. The molecule has 6 aromatic heterocycles. The number of halogens is 3. The van der Waals surface area contributed by atoms with Gasteiger partial charge in [0.1, 0.15) is 17.5 Å². The summed E-state index contributed by atoms with van der Waals surface area (Å²) < 4.78 is 92.9. The first-order valence-corrected chi connectivity index (χ1v) is 47.6. The van der Waals surface area contributed by atoms with Gasteiger partial charge >= 0.3 is 10.2 Å². The van der Waals surface area contributed by atoms with E-state index in [4.69, 9.17) is 69.8 Å². The monoisotopic (exact) mass is 1750 g/mol. The number of sulfonamides is 2. The highest BCUT2D eigenvalue weighted by Crippen LogP contribution is 2.43. The average Bonchev–Trinajstić information content (AvgIpc) is 1.63. The lowest BCUT2D eigenvalue weighted by atomic mass is 9.83.